The summed E-state index contributed by atoms with van der Waals surface area (Å²) in [5.41, 5.74) is 7.62. The Balaban J connectivity index is 1.92. The van der Waals surface area contributed by atoms with E-state index in [1.807, 2.05) is 6.07 Å². The van der Waals surface area contributed by atoms with Crippen LogP contribution in [0, 0.1) is 0 Å². The molecule has 2 nitrogen and oxygen atoms in total. The maximum atomic E-state index is 6.36. The smallest absolute Gasteiger partial charge is 0.0551 e. The number of nitrogens with two attached hydrogens (primary N) is 1. The number of halogens is 2. The third kappa shape index (κ3) is 2.46. The van der Waals surface area contributed by atoms with Gasteiger partial charge in [0.05, 0.1) is 11.1 Å². The number of piperidine rings is 1. The molecular formula is C14H18BrClN2. The highest BCUT2D eigenvalue weighted by atomic mass is 79.9. The summed E-state index contributed by atoms with van der Waals surface area (Å²) >= 11 is 9.67. The van der Waals surface area contributed by atoms with E-state index in [9.17, 15) is 0 Å². The van der Waals surface area contributed by atoms with Gasteiger partial charge < -0.3 is 5.73 Å². The van der Waals surface area contributed by atoms with Crippen molar-refractivity contribution < 1.29 is 0 Å². The molecule has 1 saturated carbocycles. The molecule has 0 spiro atoms. The van der Waals surface area contributed by atoms with Crippen LogP contribution in [0.3, 0.4) is 0 Å². The first-order valence-electron chi connectivity index (χ1n) is 6.63. The zero-order chi connectivity index (χ0) is 12.7. The molecule has 1 saturated heterocycles. The molecule has 1 heterocycles. The zero-order valence-electron chi connectivity index (χ0n) is 10.3. The Kier molecular flexibility index (Phi) is 3.68. The fourth-order valence-electron chi connectivity index (χ4n) is 3.00. The average Bonchev–Trinajstić information content (AvgIpc) is 3.17. The molecule has 0 aromatic heterocycles. The maximum absolute atomic E-state index is 6.36. The second kappa shape index (κ2) is 5.12. The Morgan fingerprint density at radius 2 is 2.06 bits per heavy atom. The largest absolute Gasteiger partial charge is 0.326 e. The van der Waals surface area contributed by atoms with Crippen molar-refractivity contribution in [1.29, 1.82) is 0 Å². The van der Waals surface area contributed by atoms with E-state index in [1.54, 1.807) is 0 Å². The molecule has 0 amide bonds. The molecule has 18 heavy (non-hydrogen) atoms. The minimum Gasteiger partial charge on any atom is -0.326 e. The van der Waals surface area contributed by atoms with Crippen molar-refractivity contribution >= 4 is 27.5 Å². The first-order valence-corrected chi connectivity index (χ1v) is 7.80. The van der Waals surface area contributed by atoms with Crippen LogP contribution < -0.4 is 5.73 Å². The lowest BCUT2D eigenvalue weighted by atomic mass is 9.91. The van der Waals surface area contributed by atoms with E-state index in [4.69, 9.17) is 17.3 Å². The zero-order valence-corrected chi connectivity index (χ0v) is 12.6. The van der Waals surface area contributed by atoms with Gasteiger partial charge in [-0.05, 0) is 65.9 Å². The molecule has 4 heteroatoms. The number of nitrogens with zero attached hydrogens (tertiary/aromatic N) is 1. The third-order valence-corrected chi connectivity index (χ3v) is 5.25. The van der Waals surface area contributed by atoms with Gasteiger partial charge in [-0.1, -0.05) is 17.7 Å². The van der Waals surface area contributed by atoms with E-state index in [1.165, 1.54) is 31.4 Å². The molecule has 3 rings (SSSR count). The van der Waals surface area contributed by atoms with Gasteiger partial charge in [-0.25, -0.2) is 0 Å². The number of hydrogen-bond donors (Lipinski definition) is 1. The van der Waals surface area contributed by atoms with E-state index < -0.39 is 0 Å². The summed E-state index contributed by atoms with van der Waals surface area (Å²) in [4.78, 5) is 2.59. The van der Waals surface area contributed by atoms with Gasteiger partial charge in [-0.15, -0.1) is 0 Å². The highest BCUT2D eigenvalue weighted by Crippen LogP contribution is 2.40. The van der Waals surface area contributed by atoms with Crippen LogP contribution in [-0.2, 0) is 0 Å². The molecule has 2 fully saturated rings. The molecule has 0 radical (unpaired) electrons. The molecule has 2 N–H and O–H groups in total. The maximum Gasteiger partial charge on any atom is 0.0551 e. The minimum absolute atomic E-state index is 0.233. The van der Waals surface area contributed by atoms with Crippen LogP contribution in [0.4, 0.5) is 0 Å². The van der Waals surface area contributed by atoms with E-state index in [-0.39, 0.29) is 6.04 Å². The summed E-state index contributed by atoms with van der Waals surface area (Å²) in [6.45, 7) is 1.18. The van der Waals surface area contributed by atoms with E-state index in [2.05, 4.69) is 33.0 Å². The molecule has 2 aliphatic rings. The molecule has 98 valence electrons. The fourth-order valence-corrected chi connectivity index (χ4v) is 3.44. The highest BCUT2D eigenvalue weighted by molar-refractivity contribution is 9.10. The van der Waals surface area contributed by atoms with Gasteiger partial charge in [0, 0.05) is 16.6 Å². The van der Waals surface area contributed by atoms with Gasteiger partial charge in [0.25, 0.3) is 0 Å². The molecule has 1 aliphatic heterocycles. The highest BCUT2D eigenvalue weighted by Gasteiger charge is 2.39. The van der Waals surface area contributed by atoms with Crippen molar-refractivity contribution in [2.45, 2.75) is 43.8 Å². The van der Waals surface area contributed by atoms with E-state index >= 15 is 0 Å². The van der Waals surface area contributed by atoms with Crippen molar-refractivity contribution in [2.24, 2.45) is 5.73 Å². The fraction of sp³-hybridized carbons (Fsp3) is 0.571. The lowest BCUT2D eigenvalue weighted by Crippen LogP contribution is -2.46. The Hall–Kier alpha value is -0.0900. The second-order valence-electron chi connectivity index (χ2n) is 5.39. The standard InChI is InChI=1S/C14H18BrClN2/c15-11-6-3-9(8-12(11)16)14-13(17)2-1-7-18(14)10-4-5-10/h3,6,8,10,13-14H,1-2,4-5,7,17H2. The van der Waals surface area contributed by atoms with Crippen LogP contribution in [0.15, 0.2) is 22.7 Å². The summed E-state index contributed by atoms with van der Waals surface area (Å²) in [5.74, 6) is 0. The number of benzene rings is 1. The Bertz CT molecular complexity index is 447. The van der Waals surface area contributed by atoms with Crippen molar-refractivity contribution in [2.75, 3.05) is 6.54 Å². The molecule has 0 bridgehead atoms. The van der Waals surface area contributed by atoms with Gasteiger partial charge in [0.2, 0.25) is 0 Å². The van der Waals surface area contributed by atoms with E-state index in [0.29, 0.717) is 6.04 Å². The van der Waals surface area contributed by atoms with Crippen LogP contribution in [0.1, 0.15) is 37.3 Å². The van der Waals surface area contributed by atoms with Crippen molar-refractivity contribution in [3.05, 3.63) is 33.3 Å². The lowest BCUT2D eigenvalue weighted by molar-refractivity contribution is 0.120. The van der Waals surface area contributed by atoms with Crippen molar-refractivity contribution in [1.82, 2.24) is 4.90 Å². The van der Waals surface area contributed by atoms with Crippen molar-refractivity contribution in [3.8, 4) is 0 Å². The summed E-state index contributed by atoms with van der Waals surface area (Å²) in [5, 5.41) is 0.779. The Morgan fingerprint density at radius 3 is 2.72 bits per heavy atom. The number of hydrogen-bond acceptors (Lipinski definition) is 2. The second-order valence-corrected chi connectivity index (χ2v) is 6.66. The number of likely N-dealkylation sites (tertiary alicyclic amines) is 1. The Morgan fingerprint density at radius 1 is 1.28 bits per heavy atom. The van der Waals surface area contributed by atoms with Crippen LogP contribution in [0.2, 0.25) is 5.02 Å². The first-order chi connectivity index (χ1) is 8.66. The van der Waals surface area contributed by atoms with Crippen LogP contribution in [0.5, 0.6) is 0 Å². The summed E-state index contributed by atoms with van der Waals surface area (Å²) in [6.07, 6.45) is 4.99. The predicted octanol–water partition coefficient (Wildman–Crippen LogP) is 3.73. The number of rotatable bonds is 2. The van der Waals surface area contributed by atoms with Crippen LogP contribution in [0.25, 0.3) is 0 Å². The topological polar surface area (TPSA) is 29.3 Å². The van der Waals surface area contributed by atoms with Gasteiger partial charge in [-0.2, -0.15) is 0 Å². The van der Waals surface area contributed by atoms with Crippen LogP contribution >= 0.6 is 27.5 Å². The molecule has 1 aromatic rings. The van der Waals surface area contributed by atoms with E-state index in [0.717, 1.165) is 22.0 Å². The van der Waals surface area contributed by atoms with Crippen molar-refractivity contribution in [3.63, 3.8) is 0 Å². The molecule has 2 unspecified atom stereocenters. The lowest BCUT2D eigenvalue weighted by Gasteiger charge is -2.40. The average molecular weight is 330 g/mol. The Labute approximate surface area is 122 Å². The SMILES string of the molecule is NC1CCCN(C2CC2)C1c1ccc(Br)c(Cl)c1. The minimum atomic E-state index is 0.233. The summed E-state index contributed by atoms with van der Waals surface area (Å²) < 4.78 is 0.954. The third-order valence-electron chi connectivity index (χ3n) is 4.02. The molecule has 1 aliphatic carbocycles. The van der Waals surface area contributed by atoms with Gasteiger partial charge in [-0.3, -0.25) is 4.90 Å². The first kappa shape index (κ1) is 12.9. The van der Waals surface area contributed by atoms with Gasteiger partial charge in [0.15, 0.2) is 0 Å². The van der Waals surface area contributed by atoms with Gasteiger partial charge >= 0.3 is 0 Å². The monoisotopic (exact) mass is 328 g/mol. The van der Waals surface area contributed by atoms with Crippen LogP contribution in [-0.4, -0.2) is 23.5 Å². The summed E-state index contributed by atoms with van der Waals surface area (Å²) in [7, 11) is 0. The molecular weight excluding hydrogens is 312 g/mol. The molecule has 1 aromatic carbocycles. The quantitative estimate of drug-likeness (QED) is 0.896. The normalized spacial score (nSPS) is 29.5. The van der Waals surface area contributed by atoms with Gasteiger partial charge in [0.1, 0.15) is 0 Å². The molecule has 2 atom stereocenters. The summed E-state index contributed by atoms with van der Waals surface area (Å²) in [6, 6.07) is 7.58. The predicted molar refractivity (Wildman–Crippen MR) is 78.8 cm³/mol.